The van der Waals surface area contributed by atoms with Crippen LogP contribution in [0.4, 0.5) is 0 Å². The molecular formula is C16H31N3O. The van der Waals surface area contributed by atoms with Gasteiger partial charge in [0.25, 0.3) is 0 Å². The number of hydrogen-bond donors (Lipinski definition) is 1. The lowest BCUT2D eigenvalue weighted by Crippen LogP contribution is -2.50. The molecule has 0 aromatic carbocycles. The summed E-state index contributed by atoms with van der Waals surface area (Å²) in [6.07, 6.45) is 6.10. The highest BCUT2D eigenvalue weighted by atomic mass is 16.2. The van der Waals surface area contributed by atoms with Gasteiger partial charge in [-0.25, -0.2) is 0 Å². The molecule has 20 heavy (non-hydrogen) atoms. The van der Waals surface area contributed by atoms with Gasteiger partial charge in [-0.1, -0.05) is 6.92 Å². The topological polar surface area (TPSA) is 35.6 Å². The standard InChI is InChI=1S/C16H31N3O/c1-3-8-17-12-15-7-6-11-19(13-15)14(2)16(20)18-9-4-5-10-18/h14-15,17H,3-13H2,1-2H3. The first-order valence-electron chi connectivity index (χ1n) is 8.46. The smallest absolute Gasteiger partial charge is 0.239 e. The van der Waals surface area contributed by atoms with Gasteiger partial charge < -0.3 is 10.2 Å². The van der Waals surface area contributed by atoms with Crippen LogP contribution in [0.3, 0.4) is 0 Å². The summed E-state index contributed by atoms with van der Waals surface area (Å²) < 4.78 is 0. The van der Waals surface area contributed by atoms with Crippen molar-refractivity contribution in [2.24, 2.45) is 5.92 Å². The Morgan fingerprint density at radius 1 is 1.25 bits per heavy atom. The molecule has 2 atom stereocenters. The second-order valence-electron chi connectivity index (χ2n) is 6.42. The molecule has 1 N–H and O–H groups in total. The SMILES string of the molecule is CCCNCC1CCCN(C(C)C(=O)N2CCCC2)C1. The van der Waals surface area contributed by atoms with Crippen LogP contribution in [0.15, 0.2) is 0 Å². The first kappa shape index (κ1) is 15.8. The zero-order chi connectivity index (χ0) is 14.4. The third kappa shape index (κ3) is 4.19. The Morgan fingerprint density at radius 2 is 2.00 bits per heavy atom. The third-order valence-corrected chi connectivity index (χ3v) is 4.73. The Kier molecular flexibility index (Phi) is 6.30. The maximum atomic E-state index is 12.5. The molecule has 2 fully saturated rings. The molecule has 4 nitrogen and oxygen atoms in total. The average Bonchev–Trinajstić information content (AvgIpc) is 3.00. The zero-order valence-corrected chi connectivity index (χ0v) is 13.2. The number of amides is 1. The Hall–Kier alpha value is -0.610. The van der Waals surface area contributed by atoms with E-state index in [4.69, 9.17) is 0 Å². The molecule has 0 bridgehead atoms. The largest absolute Gasteiger partial charge is 0.341 e. The minimum absolute atomic E-state index is 0.0714. The summed E-state index contributed by atoms with van der Waals surface area (Å²) in [6, 6.07) is 0.0714. The minimum atomic E-state index is 0.0714. The number of nitrogens with zero attached hydrogens (tertiary/aromatic N) is 2. The molecule has 1 amide bonds. The van der Waals surface area contributed by atoms with Crippen LogP contribution in [0.2, 0.25) is 0 Å². The lowest BCUT2D eigenvalue weighted by atomic mass is 9.96. The van der Waals surface area contributed by atoms with Crippen LogP contribution >= 0.6 is 0 Å². The summed E-state index contributed by atoms with van der Waals surface area (Å²) in [7, 11) is 0. The summed E-state index contributed by atoms with van der Waals surface area (Å²) in [5.74, 6) is 1.06. The van der Waals surface area contributed by atoms with Crippen molar-refractivity contribution in [3.05, 3.63) is 0 Å². The number of hydrogen-bond acceptors (Lipinski definition) is 3. The molecule has 2 unspecified atom stereocenters. The number of piperidine rings is 1. The highest BCUT2D eigenvalue weighted by molar-refractivity contribution is 5.81. The van der Waals surface area contributed by atoms with Crippen LogP contribution in [0, 0.1) is 5.92 Å². The molecule has 2 aliphatic rings. The summed E-state index contributed by atoms with van der Waals surface area (Å²) in [6.45, 7) is 10.6. The molecule has 0 aromatic rings. The van der Waals surface area contributed by atoms with Gasteiger partial charge >= 0.3 is 0 Å². The van der Waals surface area contributed by atoms with Crippen LogP contribution in [0.1, 0.15) is 46.0 Å². The Balaban J connectivity index is 1.79. The highest BCUT2D eigenvalue weighted by Gasteiger charge is 2.30. The van der Waals surface area contributed by atoms with Crippen LogP contribution in [-0.2, 0) is 4.79 Å². The van der Waals surface area contributed by atoms with Gasteiger partial charge in [0.1, 0.15) is 0 Å². The normalized spacial score (nSPS) is 25.9. The van der Waals surface area contributed by atoms with E-state index in [0.717, 1.165) is 39.3 Å². The maximum Gasteiger partial charge on any atom is 0.239 e. The number of likely N-dealkylation sites (tertiary alicyclic amines) is 2. The zero-order valence-electron chi connectivity index (χ0n) is 13.2. The van der Waals surface area contributed by atoms with E-state index in [1.165, 1.54) is 32.1 Å². The van der Waals surface area contributed by atoms with Crippen LogP contribution in [0.25, 0.3) is 0 Å². The van der Waals surface area contributed by atoms with Gasteiger partial charge in [0.15, 0.2) is 0 Å². The van der Waals surface area contributed by atoms with Gasteiger partial charge in [-0.05, 0) is 64.6 Å². The third-order valence-electron chi connectivity index (χ3n) is 4.73. The molecule has 2 rings (SSSR count). The fourth-order valence-corrected chi connectivity index (χ4v) is 3.46. The number of carbonyl (C=O) groups is 1. The van der Waals surface area contributed by atoms with Crippen molar-refractivity contribution in [2.45, 2.75) is 52.0 Å². The van der Waals surface area contributed by atoms with E-state index in [-0.39, 0.29) is 6.04 Å². The van der Waals surface area contributed by atoms with Crippen LogP contribution < -0.4 is 5.32 Å². The van der Waals surface area contributed by atoms with Gasteiger partial charge in [0.05, 0.1) is 6.04 Å². The Bertz CT molecular complexity index is 302. The first-order chi connectivity index (χ1) is 9.72. The van der Waals surface area contributed by atoms with Crippen LogP contribution in [0.5, 0.6) is 0 Å². The maximum absolute atomic E-state index is 12.5. The fourth-order valence-electron chi connectivity index (χ4n) is 3.46. The molecule has 0 aromatic heterocycles. The van der Waals surface area contributed by atoms with Crippen molar-refractivity contribution in [3.63, 3.8) is 0 Å². The fraction of sp³-hybridized carbons (Fsp3) is 0.938. The first-order valence-corrected chi connectivity index (χ1v) is 8.46. The van der Waals surface area contributed by atoms with Crippen molar-refractivity contribution >= 4 is 5.91 Å². The number of rotatable bonds is 6. The van der Waals surface area contributed by atoms with Crippen molar-refractivity contribution in [3.8, 4) is 0 Å². The van der Waals surface area contributed by atoms with Crippen molar-refractivity contribution < 1.29 is 4.79 Å². The molecule has 2 aliphatic heterocycles. The minimum Gasteiger partial charge on any atom is -0.341 e. The van der Waals surface area contributed by atoms with Gasteiger partial charge in [-0.2, -0.15) is 0 Å². The van der Waals surface area contributed by atoms with E-state index in [0.29, 0.717) is 11.8 Å². The monoisotopic (exact) mass is 281 g/mol. The highest BCUT2D eigenvalue weighted by Crippen LogP contribution is 2.20. The van der Waals surface area contributed by atoms with Crippen LogP contribution in [-0.4, -0.2) is 61.0 Å². The van der Waals surface area contributed by atoms with Crippen molar-refractivity contribution in [2.75, 3.05) is 39.3 Å². The summed E-state index contributed by atoms with van der Waals surface area (Å²) in [4.78, 5) is 16.9. The van der Waals surface area contributed by atoms with Crippen molar-refractivity contribution in [1.29, 1.82) is 0 Å². The van der Waals surface area contributed by atoms with E-state index in [2.05, 4.69) is 29.0 Å². The molecule has 4 heteroatoms. The lowest BCUT2D eigenvalue weighted by molar-refractivity contribution is -0.136. The molecule has 0 radical (unpaired) electrons. The van der Waals surface area contributed by atoms with E-state index in [1.54, 1.807) is 0 Å². The predicted octanol–water partition coefficient (Wildman–Crippen LogP) is 1.71. The average molecular weight is 281 g/mol. The van der Waals surface area contributed by atoms with Crippen molar-refractivity contribution in [1.82, 2.24) is 15.1 Å². The number of nitrogens with one attached hydrogen (secondary N) is 1. The summed E-state index contributed by atoms with van der Waals surface area (Å²) in [5, 5.41) is 3.53. The van der Waals surface area contributed by atoms with E-state index in [9.17, 15) is 4.79 Å². The van der Waals surface area contributed by atoms with Gasteiger partial charge in [-0.15, -0.1) is 0 Å². The molecule has 116 valence electrons. The molecular weight excluding hydrogens is 250 g/mol. The molecule has 0 aliphatic carbocycles. The molecule has 0 spiro atoms. The van der Waals surface area contributed by atoms with E-state index >= 15 is 0 Å². The Morgan fingerprint density at radius 3 is 2.70 bits per heavy atom. The number of carbonyl (C=O) groups excluding carboxylic acids is 1. The van der Waals surface area contributed by atoms with Gasteiger partial charge in [0.2, 0.25) is 5.91 Å². The quantitative estimate of drug-likeness (QED) is 0.753. The molecule has 2 heterocycles. The van der Waals surface area contributed by atoms with E-state index in [1.807, 2.05) is 0 Å². The molecule has 2 saturated heterocycles. The summed E-state index contributed by atoms with van der Waals surface area (Å²) in [5.41, 5.74) is 0. The summed E-state index contributed by atoms with van der Waals surface area (Å²) >= 11 is 0. The second kappa shape index (κ2) is 7.99. The Labute approximate surface area is 123 Å². The van der Waals surface area contributed by atoms with Gasteiger partial charge in [0, 0.05) is 19.6 Å². The molecule has 0 saturated carbocycles. The van der Waals surface area contributed by atoms with Gasteiger partial charge in [-0.3, -0.25) is 9.69 Å². The lowest BCUT2D eigenvalue weighted by Gasteiger charge is -2.37. The second-order valence-corrected chi connectivity index (χ2v) is 6.42. The predicted molar refractivity (Wildman–Crippen MR) is 82.7 cm³/mol. The van der Waals surface area contributed by atoms with E-state index < -0.39 is 0 Å².